The zero-order chi connectivity index (χ0) is 13.3. The fourth-order valence-electron chi connectivity index (χ4n) is 2.17. The summed E-state index contributed by atoms with van der Waals surface area (Å²) in [5.41, 5.74) is 0. The first kappa shape index (κ1) is 14.3. The predicted octanol–water partition coefficient (Wildman–Crippen LogP) is 0.664. The van der Waals surface area contributed by atoms with E-state index < -0.39 is 0 Å². The Labute approximate surface area is 114 Å². The summed E-state index contributed by atoms with van der Waals surface area (Å²) in [6, 6.07) is 0. The Morgan fingerprint density at radius 3 is 3.00 bits per heavy atom. The number of hydrogen-bond acceptors (Lipinski definition) is 5. The van der Waals surface area contributed by atoms with E-state index in [-0.39, 0.29) is 0 Å². The summed E-state index contributed by atoms with van der Waals surface area (Å²) in [5, 5.41) is 3.38. The Balaban J connectivity index is 1.63. The van der Waals surface area contributed by atoms with Gasteiger partial charge in [0.05, 0.1) is 19.8 Å². The molecule has 0 spiro atoms. The first-order chi connectivity index (χ1) is 9.40. The van der Waals surface area contributed by atoms with Crippen molar-refractivity contribution in [2.24, 2.45) is 0 Å². The van der Waals surface area contributed by atoms with Gasteiger partial charge in [0, 0.05) is 45.7 Å². The molecule has 0 bridgehead atoms. The number of anilines is 1. The smallest absolute Gasteiger partial charge is 0.202 e. The van der Waals surface area contributed by atoms with Crippen molar-refractivity contribution >= 4 is 5.95 Å². The third kappa shape index (κ3) is 4.81. The molecule has 19 heavy (non-hydrogen) atoms. The van der Waals surface area contributed by atoms with Gasteiger partial charge in [-0.25, -0.2) is 4.98 Å². The number of ether oxygens (including phenoxy) is 2. The summed E-state index contributed by atoms with van der Waals surface area (Å²) in [5.74, 6) is 0.930. The monoisotopic (exact) mass is 268 g/mol. The first-order valence-electron chi connectivity index (χ1n) is 6.94. The van der Waals surface area contributed by atoms with Crippen LogP contribution in [0, 0.1) is 0 Å². The number of morpholine rings is 1. The Morgan fingerprint density at radius 2 is 2.21 bits per heavy atom. The van der Waals surface area contributed by atoms with Gasteiger partial charge in [0.2, 0.25) is 5.95 Å². The van der Waals surface area contributed by atoms with E-state index in [0.29, 0.717) is 6.61 Å². The van der Waals surface area contributed by atoms with E-state index >= 15 is 0 Å². The van der Waals surface area contributed by atoms with E-state index in [2.05, 4.69) is 19.8 Å². The minimum atomic E-state index is 0.707. The SMILES string of the molecule is COCCn1ccnc1NCCCN1CCOCC1. The van der Waals surface area contributed by atoms with E-state index in [4.69, 9.17) is 9.47 Å². The van der Waals surface area contributed by atoms with Gasteiger partial charge in [-0.1, -0.05) is 0 Å². The second kappa shape index (κ2) is 8.14. The quantitative estimate of drug-likeness (QED) is 0.702. The summed E-state index contributed by atoms with van der Waals surface area (Å²) in [6.07, 6.45) is 4.92. The van der Waals surface area contributed by atoms with E-state index in [1.54, 1.807) is 7.11 Å². The van der Waals surface area contributed by atoms with E-state index in [1.165, 1.54) is 0 Å². The maximum absolute atomic E-state index is 5.34. The molecular formula is C13H24N4O2. The van der Waals surface area contributed by atoms with E-state index in [0.717, 1.165) is 58.3 Å². The summed E-state index contributed by atoms with van der Waals surface area (Å²) in [6.45, 7) is 7.46. The Bertz CT molecular complexity index is 350. The number of rotatable bonds is 8. The molecule has 6 heteroatoms. The maximum Gasteiger partial charge on any atom is 0.202 e. The Hall–Kier alpha value is -1.11. The average Bonchev–Trinajstić information content (AvgIpc) is 2.90. The standard InChI is InChI=1S/C13H24N4O2/c1-18-10-9-17-6-4-15-13(17)14-3-2-5-16-7-11-19-12-8-16/h4,6H,2-3,5,7-12H2,1H3,(H,14,15). The zero-order valence-corrected chi connectivity index (χ0v) is 11.7. The molecule has 1 aromatic rings. The molecule has 1 N–H and O–H groups in total. The first-order valence-corrected chi connectivity index (χ1v) is 6.94. The molecule has 0 saturated carbocycles. The molecule has 1 saturated heterocycles. The van der Waals surface area contributed by atoms with Crippen molar-refractivity contribution in [3.05, 3.63) is 12.4 Å². The number of aromatic nitrogens is 2. The summed E-state index contributed by atoms with van der Waals surface area (Å²) in [4.78, 5) is 6.76. The second-order valence-electron chi connectivity index (χ2n) is 4.67. The van der Waals surface area contributed by atoms with Crippen molar-refractivity contribution in [1.82, 2.24) is 14.5 Å². The lowest BCUT2D eigenvalue weighted by atomic mass is 10.3. The van der Waals surface area contributed by atoms with Crippen molar-refractivity contribution in [3.8, 4) is 0 Å². The van der Waals surface area contributed by atoms with Crippen LogP contribution >= 0.6 is 0 Å². The van der Waals surface area contributed by atoms with Crippen LogP contribution in [0.3, 0.4) is 0 Å². The molecular weight excluding hydrogens is 244 g/mol. The van der Waals surface area contributed by atoms with Crippen LogP contribution in [0.2, 0.25) is 0 Å². The second-order valence-corrected chi connectivity index (χ2v) is 4.67. The van der Waals surface area contributed by atoms with Gasteiger partial charge in [-0.3, -0.25) is 4.90 Å². The van der Waals surface area contributed by atoms with Gasteiger partial charge >= 0.3 is 0 Å². The molecule has 0 unspecified atom stereocenters. The number of methoxy groups -OCH3 is 1. The predicted molar refractivity (Wildman–Crippen MR) is 74.5 cm³/mol. The van der Waals surface area contributed by atoms with Crippen molar-refractivity contribution < 1.29 is 9.47 Å². The third-order valence-corrected chi connectivity index (χ3v) is 3.29. The van der Waals surface area contributed by atoms with Gasteiger partial charge in [0.1, 0.15) is 0 Å². The van der Waals surface area contributed by atoms with Crippen LogP contribution in [0.1, 0.15) is 6.42 Å². The van der Waals surface area contributed by atoms with Gasteiger partial charge in [-0.2, -0.15) is 0 Å². The molecule has 0 amide bonds. The number of imidazole rings is 1. The Kier molecular flexibility index (Phi) is 6.13. The highest BCUT2D eigenvalue weighted by molar-refractivity contribution is 5.25. The fraction of sp³-hybridized carbons (Fsp3) is 0.769. The lowest BCUT2D eigenvalue weighted by Crippen LogP contribution is -2.37. The summed E-state index contributed by atoms with van der Waals surface area (Å²) < 4.78 is 12.5. The van der Waals surface area contributed by atoms with Crippen LogP contribution in [0.25, 0.3) is 0 Å². The van der Waals surface area contributed by atoms with Crippen molar-refractivity contribution in [2.75, 3.05) is 58.4 Å². The molecule has 2 rings (SSSR count). The van der Waals surface area contributed by atoms with E-state index in [9.17, 15) is 0 Å². The molecule has 108 valence electrons. The number of hydrogen-bond donors (Lipinski definition) is 1. The molecule has 0 aliphatic carbocycles. The maximum atomic E-state index is 5.34. The van der Waals surface area contributed by atoms with Crippen LogP contribution in [0.15, 0.2) is 12.4 Å². The molecule has 1 aromatic heterocycles. The lowest BCUT2D eigenvalue weighted by Gasteiger charge is -2.26. The normalized spacial score (nSPS) is 16.7. The topological polar surface area (TPSA) is 51.5 Å². The molecule has 0 aromatic carbocycles. The minimum absolute atomic E-state index is 0.707. The van der Waals surface area contributed by atoms with Gasteiger partial charge in [0.15, 0.2) is 0 Å². The van der Waals surface area contributed by atoms with Crippen LogP contribution in [0.5, 0.6) is 0 Å². The minimum Gasteiger partial charge on any atom is -0.383 e. The van der Waals surface area contributed by atoms with Crippen molar-refractivity contribution in [1.29, 1.82) is 0 Å². The van der Waals surface area contributed by atoms with Gasteiger partial charge in [0.25, 0.3) is 0 Å². The van der Waals surface area contributed by atoms with Crippen molar-refractivity contribution in [2.45, 2.75) is 13.0 Å². The number of nitrogens with one attached hydrogen (secondary N) is 1. The third-order valence-electron chi connectivity index (χ3n) is 3.29. The zero-order valence-electron chi connectivity index (χ0n) is 11.7. The van der Waals surface area contributed by atoms with Crippen molar-refractivity contribution in [3.63, 3.8) is 0 Å². The summed E-state index contributed by atoms with van der Waals surface area (Å²) >= 11 is 0. The highest BCUT2D eigenvalue weighted by Gasteiger charge is 2.09. The molecule has 1 fully saturated rings. The van der Waals surface area contributed by atoms with E-state index in [1.807, 2.05) is 12.4 Å². The van der Waals surface area contributed by atoms with Gasteiger partial charge in [-0.15, -0.1) is 0 Å². The van der Waals surface area contributed by atoms with Gasteiger partial charge < -0.3 is 19.4 Å². The fourth-order valence-corrected chi connectivity index (χ4v) is 2.17. The Morgan fingerprint density at radius 1 is 1.37 bits per heavy atom. The molecule has 2 heterocycles. The van der Waals surface area contributed by atoms with Crippen LogP contribution in [0.4, 0.5) is 5.95 Å². The largest absolute Gasteiger partial charge is 0.383 e. The average molecular weight is 268 g/mol. The van der Waals surface area contributed by atoms with Gasteiger partial charge in [-0.05, 0) is 13.0 Å². The molecule has 0 radical (unpaired) electrons. The van der Waals surface area contributed by atoms with Crippen LogP contribution in [-0.4, -0.2) is 67.6 Å². The van der Waals surface area contributed by atoms with Crippen LogP contribution in [-0.2, 0) is 16.0 Å². The molecule has 0 atom stereocenters. The molecule has 6 nitrogen and oxygen atoms in total. The molecule has 1 aliphatic rings. The van der Waals surface area contributed by atoms with Crippen LogP contribution < -0.4 is 5.32 Å². The lowest BCUT2D eigenvalue weighted by molar-refractivity contribution is 0.0378. The summed E-state index contributed by atoms with van der Waals surface area (Å²) in [7, 11) is 1.71. The highest BCUT2D eigenvalue weighted by atomic mass is 16.5. The molecule has 1 aliphatic heterocycles. The highest BCUT2D eigenvalue weighted by Crippen LogP contribution is 2.04. The number of nitrogens with zero attached hydrogens (tertiary/aromatic N) is 3.